The Morgan fingerprint density at radius 2 is 2.19 bits per heavy atom. The summed E-state index contributed by atoms with van der Waals surface area (Å²) in [5, 5.41) is 8.04. The molecule has 0 aliphatic heterocycles. The second-order valence-corrected chi connectivity index (χ2v) is 6.28. The Balaban J connectivity index is 2.43. The topological polar surface area (TPSA) is 12.0 Å². The Hall–Kier alpha value is -0.340. The Labute approximate surface area is 104 Å². The molecule has 1 atom stereocenters. The molecular weight excluding hydrogens is 214 g/mol. The maximum Gasteiger partial charge on any atom is 0.000836 e. The predicted molar refractivity (Wildman–Crippen MR) is 74.1 cm³/mol. The molecule has 0 amide bonds. The van der Waals surface area contributed by atoms with E-state index in [4.69, 9.17) is 0 Å². The van der Waals surface area contributed by atoms with Crippen molar-refractivity contribution in [3.8, 4) is 0 Å². The lowest BCUT2D eigenvalue weighted by atomic mass is 9.81. The lowest BCUT2D eigenvalue weighted by molar-refractivity contribution is 0.285. The molecule has 2 heteroatoms. The maximum atomic E-state index is 3.59. The zero-order valence-corrected chi connectivity index (χ0v) is 11.9. The van der Waals surface area contributed by atoms with Crippen LogP contribution < -0.4 is 5.32 Å². The van der Waals surface area contributed by atoms with E-state index in [0.29, 0.717) is 5.41 Å². The van der Waals surface area contributed by atoms with Crippen molar-refractivity contribution in [3.63, 3.8) is 0 Å². The van der Waals surface area contributed by atoms with Gasteiger partial charge in [-0.2, -0.15) is 11.3 Å². The third-order valence-electron chi connectivity index (χ3n) is 3.17. The smallest absolute Gasteiger partial charge is 0.000836 e. The molecule has 16 heavy (non-hydrogen) atoms. The van der Waals surface area contributed by atoms with Crippen LogP contribution in [-0.4, -0.2) is 13.1 Å². The van der Waals surface area contributed by atoms with Gasteiger partial charge < -0.3 is 5.32 Å². The van der Waals surface area contributed by atoms with Gasteiger partial charge in [-0.05, 0) is 53.1 Å². The average Bonchev–Trinajstić information content (AvgIpc) is 2.69. The highest BCUT2D eigenvalue weighted by atomic mass is 32.1. The van der Waals surface area contributed by atoms with Gasteiger partial charge in [0.25, 0.3) is 0 Å². The van der Waals surface area contributed by atoms with E-state index < -0.39 is 0 Å². The molecule has 0 saturated carbocycles. The normalized spacial score (nSPS) is 15.3. The second kappa shape index (κ2) is 6.41. The van der Waals surface area contributed by atoms with Gasteiger partial charge in [0.05, 0.1) is 0 Å². The van der Waals surface area contributed by atoms with Gasteiger partial charge in [0, 0.05) is 6.54 Å². The minimum atomic E-state index is 0.399. The molecule has 0 aliphatic carbocycles. The molecule has 1 aromatic heterocycles. The summed E-state index contributed by atoms with van der Waals surface area (Å²) in [6.07, 6.45) is 2.42. The fourth-order valence-electron chi connectivity index (χ4n) is 1.86. The molecule has 1 heterocycles. The Bertz CT molecular complexity index is 279. The summed E-state index contributed by atoms with van der Waals surface area (Å²) in [6.45, 7) is 11.4. The Morgan fingerprint density at radius 1 is 1.44 bits per heavy atom. The summed E-state index contributed by atoms with van der Waals surface area (Å²) in [5.74, 6) is 0.738. The van der Waals surface area contributed by atoms with Crippen molar-refractivity contribution in [1.82, 2.24) is 5.32 Å². The molecular formula is C14H25NS. The minimum absolute atomic E-state index is 0.399. The largest absolute Gasteiger partial charge is 0.316 e. The molecule has 1 nitrogen and oxygen atoms in total. The monoisotopic (exact) mass is 239 g/mol. The van der Waals surface area contributed by atoms with Gasteiger partial charge in [0.1, 0.15) is 0 Å². The Kier molecular flexibility index (Phi) is 5.50. The number of hydrogen-bond donors (Lipinski definition) is 1. The van der Waals surface area contributed by atoms with Crippen LogP contribution in [0.25, 0.3) is 0 Å². The molecule has 0 bridgehead atoms. The first-order valence-electron chi connectivity index (χ1n) is 6.27. The molecule has 1 rings (SSSR count). The van der Waals surface area contributed by atoms with Crippen LogP contribution in [0.3, 0.4) is 0 Å². The van der Waals surface area contributed by atoms with Gasteiger partial charge in [-0.15, -0.1) is 0 Å². The molecule has 0 aliphatic rings. The zero-order valence-electron chi connectivity index (χ0n) is 11.0. The molecule has 0 spiro atoms. The van der Waals surface area contributed by atoms with E-state index in [-0.39, 0.29) is 0 Å². The fraction of sp³-hybridized carbons (Fsp3) is 0.714. The third kappa shape index (κ3) is 4.67. The summed E-state index contributed by atoms with van der Waals surface area (Å²) in [4.78, 5) is 0. The van der Waals surface area contributed by atoms with E-state index in [1.165, 1.54) is 18.4 Å². The number of rotatable bonds is 7. The first-order chi connectivity index (χ1) is 7.56. The quantitative estimate of drug-likeness (QED) is 0.759. The molecule has 0 saturated heterocycles. The van der Waals surface area contributed by atoms with Crippen molar-refractivity contribution in [2.75, 3.05) is 13.1 Å². The van der Waals surface area contributed by atoms with Gasteiger partial charge >= 0.3 is 0 Å². The summed E-state index contributed by atoms with van der Waals surface area (Å²) < 4.78 is 0. The van der Waals surface area contributed by atoms with Crippen molar-refractivity contribution in [2.45, 2.75) is 40.5 Å². The lowest BCUT2D eigenvalue weighted by Gasteiger charge is -2.29. The van der Waals surface area contributed by atoms with E-state index in [0.717, 1.165) is 19.0 Å². The molecule has 1 aromatic rings. The summed E-state index contributed by atoms with van der Waals surface area (Å²) >= 11 is 1.80. The van der Waals surface area contributed by atoms with Crippen LogP contribution in [0.2, 0.25) is 0 Å². The van der Waals surface area contributed by atoms with Crippen molar-refractivity contribution >= 4 is 11.3 Å². The SMILES string of the molecule is CCC(C)(CNCC(C)C)Cc1ccsc1. The highest BCUT2D eigenvalue weighted by Gasteiger charge is 2.22. The molecule has 0 radical (unpaired) electrons. The van der Waals surface area contributed by atoms with Crippen LogP contribution in [-0.2, 0) is 6.42 Å². The van der Waals surface area contributed by atoms with Crippen LogP contribution >= 0.6 is 11.3 Å². The second-order valence-electron chi connectivity index (χ2n) is 5.50. The Morgan fingerprint density at radius 3 is 2.69 bits per heavy atom. The van der Waals surface area contributed by atoms with Crippen LogP contribution in [0.15, 0.2) is 16.8 Å². The van der Waals surface area contributed by atoms with Gasteiger partial charge in [-0.1, -0.05) is 27.7 Å². The molecule has 0 aromatic carbocycles. The summed E-state index contributed by atoms with van der Waals surface area (Å²) in [5.41, 5.74) is 1.89. The standard InChI is InChI=1S/C14H25NS/c1-5-14(4,11-15-9-12(2)3)8-13-6-7-16-10-13/h6-7,10,12,15H,5,8-9,11H2,1-4H3. The third-order valence-corrected chi connectivity index (χ3v) is 3.90. The summed E-state index contributed by atoms with van der Waals surface area (Å²) in [6, 6.07) is 2.25. The minimum Gasteiger partial charge on any atom is -0.316 e. The number of hydrogen-bond acceptors (Lipinski definition) is 2. The zero-order chi connectivity index (χ0) is 12.0. The van der Waals surface area contributed by atoms with Crippen LogP contribution in [0.1, 0.15) is 39.7 Å². The van der Waals surface area contributed by atoms with E-state index >= 15 is 0 Å². The van der Waals surface area contributed by atoms with Crippen molar-refractivity contribution < 1.29 is 0 Å². The molecule has 92 valence electrons. The van der Waals surface area contributed by atoms with Crippen LogP contribution in [0, 0.1) is 11.3 Å². The van der Waals surface area contributed by atoms with Gasteiger partial charge in [-0.3, -0.25) is 0 Å². The number of nitrogens with one attached hydrogen (secondary N) is 1. The highest BCUT2D eigenvalue weighted by Crippen LogP contribution is 2.26. The van der Waals surface area contributed by atoms with Crippen molar-refractivity contribution in [2.24, 2.45) is 11.3 Å². The van der Waals surface area contributed by atoms with Crippen molar-refractivity contribution in [3.05, 3.63) is 22.4 Å². The predicted octanol–water partition coefficient (Wildman–Crippen LogP) is 3.95. The lowest BCUT2D eigenvalue weighted by Crippen LogP contribution is -2.35. The molecule has 0 fully saturated rings. The first-order valence-corrected chi connectivity index (χ1v) is 7.22. The van der Waals surface area contributed by atoms with Crippen LogP contribution in [0.5, 0.6) is 0 Å². The first kappa shape index (κ1) is 13.7. The van der Waals surface area contributed by atoms with Gasteiger partial charge in [-0.25, -0.2) is 0 Å². The van der Waals surface area contributed by atoms with E-state index in [9.17, 15) is 0 Å². The number of thiophene rings is 1. The van der Waals surface area contributed by atoms with Crippen molar-refractivity contribution in [1.29, 1.82) is 0 Å². The van der Waals surface area contributed by atoms with Gasteiger partial charge in [0.2, 0.25) is 0 Å². The van der Waals surface area contributed by atoms with E-state index in [1.807, 2.05) is 0 Å². The van der Waals surface area contributed by atoms with Gasteiger partial charge in [0.15, 0.2) is 0 Å². The van der Waals surface area contributed by atoms with E-state index in [1.54, 1.807) is 11.3 Å². The highest BCUT2D eigenvalue weighted by molar-refractivity contribution is 7.07. The van der Waals surface area contributed by atoms with E-state index in [2.05, 4.69) is 49.8 Å². The molecule has 1 unspecified atom stereocenters. The molecule has 1 N–H and O–H groups in total. The average molecular weight is 239 g/mol. The van der Waals surface area contributed by atoms with Crippen LogP contribution in [0.4, 0.5) is 0 Å². The fourth-order valence-corrected chi connectivity index (χ4v) is 2.53. The maximum absolute atomic E-state index is 3.59. The summed E-state index contributed by atoms with van der Waals surface area (Å²) in [7, 11) is 0.